The summed E-state index contributed by atoms with van der Waals surface area (Å²) in [4.78, 5) is 14.5. The van der Waals surface area contributed by atoms with Gasteiger partial charge >= 0.3 is 0 Å². The van der Waals surface area contributed by atoms with Crippen molar-refractivity contribution in [2.75, 3.05) is 23.7 Å². The highest BCUT2D eigenvalue weighted by Gasteiger charge is 2.26. The summed E-state index contributed by atoms with van der Waals surface area (Å²) in [7, 11) is 0. The summed E-state index contributed by atoms with van der Waals surface area (Å²) in [6.07, 6.45) is 6.26. The molecule has 4 nitrogen and oxygen atoms in total. The molecule has 0 aliphatic carbocycles. The van der Waals surface area contributed by atoms with Crippen molar-refractivity contribution < 1.29 is 0 Å². The summed E-state index contributed by atoms with van der Waals surface area (Å²) in [5, 5.41) is 4.38. The minimum absolute atomic E-state index is 0.00228. The molecule has 2 rings (SSSR count). The third kappa shape index (κ3) is 3.19. The van der Waals surface area contributed by atoms with Gasteiger partial charge in [0.05, 0.1) is 18.4 Å². The molecule has 5 heteroatoms. The number of hydrogen-bond donors (Lipinski definition) is 1. The predicted molar refractivity (Wildman–Crippen MR) is 86.8 cm³/mol. The molecular formula is C15H25N3OS. The van der Waals surface area contributed by atoms with E-state index in [0.717, 1.165) is 37.4 Å². The zero-order valence-corrected chi connectivity index (χ0v) is 13.4. The second-order valence-electron chi connectivity index (χ2n) is 5.77. The SMILES string of the molecule is CCC(CC)(CS)Cn1ncc(N2CCCC2)cc1=O. The van der Waals surface area contributed by atoms with E-state index in [-0.39, 0.29) is 11.0 Å². The molecule has 0 atom stereocenters. The van der Waals surface area contributed by atoms with Gasteiger partial charge in [0, 0.05) is 19.2 Å². The topological polar surface area (TPSA) is 38.1 Å². The molecule has 1 aliphatic heterocycles. The molecule has 1 aliphatic rings. The molecule has 0 aromatic carbocycles. The monoisotopic (exact) mass is 295 g/mol. The highest BCUT2D eigenvalue weighted by molar-refractivity contribution is 7.80. The zero-order chi connectivity index (χ0) is 14.6. The van der Waals surface area contributed by atoms with Crippen molar-refractivity contribution >= 4 is 18.3 Å². The van der Waals surface area contributed by atoms with E-state index in [9.17, 15) is 4.79 Å². The van der Waals surface area contributed by atoms with Gasteiger partial charge in [-0.05, 0) is 36.9 Å². The molecule has 0 bridgehead atoms. The van der Waals surface area contributed by atoms with Crippen LogP contribution in [-0.4, -0.2) is 28.6 Å². The van der Waals surface area contributed by atoms with Crippen LogP contribution in [0.3, 0.4) is 0 Å². The highest BCUT2D eigenvalue weighted by Crippen LogP contribution is 2.29. The van der Waals surface area contributed by atoms with Crippen LogP contribution in [0.4, 0.5) is 5.69 Å². The number of nitrogens with zero attached hydrogens (tertiary/aromatic N) is 3. The maximum atomic E-state index is 12.3. The van der Waals surface area contributed by atoms with Gasteiger partial charge < -0.3 is 4.90 Å². The Kier molecular flexibility index (Phi) is 5.13. The van der Waals surface area contributed by atoms with E-state index in [1.165, 1.54) is 12.8 Å². The third-order valence-electron chi connectivity index (χ3n) is 4.65. The largest absolute Gasteiger partial charge is 0.370 e. The Morgan fingerprint density at radius 2 is 1.95 bits per heavy atom. The van der Waals surface area contributed by atoms with Crippen LogP contribution in [0.1, 0.15) is 39.5 Å². The van der Waals surface area contributed by atoms with Gasteiger partial charge in [-0.15, -0.1) is 0 Å². The molecule has 1 aromatic rings. The van der Waals surface area contributed by atoms with E-state index < -0.39 is 0 Å². The first kappa shape index (κ1) is 15.4. The first-order valence-electron chi connectivity index (χ1n) is 7.57. The fourth-order valence-electron chi connectivity index (χ4n) is 2.76. The number of anilines is 1. The van der Waals surface area contributed by atoms with Gasteiger partial charge in [0.25, 0.3) is 5.56 Å². The first-order valence-corrected chi connectivity index (χ1v) is 8.20. The van der Waals surface area contributed by atoms with E-state index in [4.69, 9.17) is 0 Å². The molecule has 1 fully saturated rings. The van der Waals surface area contributed by atoms with Crippen molar-refractivity contribution in [1.29, 1.82) is 0 Å². The quantitative estimate of drug-likeness (QED) is 0.820. The lowest BCUT2D eigenvalue weighted by atomic mass is 9.84. The summed E-state index contributed by atoms with van der Waals surface area (Å²) in [6.45, 7) is 7.04. The average Bonchev–Trinajstić information content (AvgIpc) is 3.01. The van der Waals surface area contributed by atoms with E-state index in [1.54, 1.807) is 10.7 Å². The van der Waals surface area contributed by atoms with Crippen molar-refractivity contribution in [1.82, 2.24) is 9.78 Å². The van der Waals surface area contributed by atoms with Gasteiger partial charge in [-0.2, -0.15) is 17.7 Å². The Morgan fingerprint density at radius 1 is 1.30 bits per heavy atom. The number of hydrogen-bond acceptors (Lipinski definition) is 4. The summed E-state index contributed by atoms with van der Waals surface area (Å²) >= 11 is 4.47. The smallest absolute Gasteiger partial charge is 0.268 e. The lowest BCUT2D eigenvalue weighted by molar-refractivity contribution is 0.241. The van der Waals surface area contributed by atoms with Gasteiger partial charge in [-0.3, -0.25) is 4.79 Å². The van der Waals surface area contributed by atoms with Gasteiger partial charge in [-0.25, -0.2) is 4.68 Å². The first-order chi connectivity index (χ1) is 9.64. The van der Waals surface area contributed by atoms with Crippen LogP contribution >= 0.6 is 12.6 Å². The molecule has 0 unspecified atom stereocenters. The van der Waals surface area contributed by atoms with Crippen molar-refractivity contribution in [2.45, 2.75) is 46.1 Å². The molecular weight excluding hydrogens is 270 g/mol. The molecule has 0 saturated carbocycles. The van der Waals surface area contributed by atoms with Crippen molar-refractivity contribution in [3.8, 4) is 0 Å². The summed E-state index contributed by atoms with van der Waals surface area (Å²) in [6, 6.07) is 1.73. The van der Waals surface area contributed by atoms with Crippen molar-refractivity contribution in [3.63, 3.8) is 0 Å². The zero-order valence-electron chi connectivity index (χ0n) is 12.5. The van der Waals surface area contributed by atoms with Gasteiger partial charge in [-0.1, -0.05) is 13.8 Å². The average molecular weight is 295 g/mol. The Balaban J connectivity index is 2.19. The minimum Gasteiger partial charge on any atom is -0.370 e. The standard InChI is InChI=1S/C15H25N3OS/c1-3-15(4-2,12-20)11-18-14(19)9-13(10-16-18)17-7-5-6-8-17/h9-10,20H,3-8,11-12H2,1-2H3. The van der Waals surface area contributed by atoms with Crippen molar-refractivity contribution in [2.24, 2.45) is 5.41 Å². The fourth-order valence-corrected chi connectivity index (χ4v) is 3.30. The Hall–Kier alpha value is -0.970. The van der Waals surface area contributed by atoms with Crippen LogP contribution in [0.2, 0.25) is 0 Å². The number of aromatic nitrogens is 2. The second kappa shape index (κ2) is 6.66. The van der Waals surface area contributed by atoms with Crippen LogP contribution < -0.4 is 10.5 Å². The van der Waals surface area contributed by atoms with Crippen LogP contribution in [0.15, 0.2) is 17.1 Å². The van der Waals surface area contributed by atoms with Gasteiger partial charge in [0.15, 0.2) is 0 Å². The fraction of sp³-hybridized carbons (Fsp3) is 0.733. The summed E-state index contributed by atoms with van der Waals surface area (Å²) < 4.78 is 1.60. The Bertz CT molecular complexity index is 482. The van der Waals surface area contributed by atoms with Gasteiger partial charge in [0.1, 0.15) is 0 Å². The lowest BCUT2D eigenvalue weighted by Crippen LogP contribution is -2.35. The van der Waals surface area contributed by atoms with Crippen LogP contribution in [0.5, 0.6) is 0 Å². The predicted octanol–water partition coefficient (Wildman–Crippen LogP) is 2.58. The summed E-state index contributed by atoms with van der Waals surface area (Å²) in [5.41, 5.74) is 1.03. The molecule has 1 aromatic heterocycles. The molecule has 20 heavy (non-hydrogen) atoms. The number of thiol groups is 1. The third-order valence-corrected chi connectivity index (χ3v) is 5.32. The molecule has 0 amide bonds. The Morgan fingerprint density at radius 3 is 2.45 bits per heavy atom. The Labute approximate surface area is 126 Å². The number of rotatable bonds is 6. The molecule has 0 N–H and O–H groups in total. The molecule has 2 heterocycles. The molecule has 1 saturated heterocycles. The van der Waals surface area contributed by atoms with E-state index >= 15 is 0 Å². The summed E-state index contributed by atoms with van der Waals surface area (Å²) in [5.74, 6) is 0.780. The second-order valence-corrected chi connectivity index (χ2v) is 6.09. The van der Waals surface area contributed by atoms with Gasteiger partial charge in [0.2, 0.25) is 0 Å². The molecule has 112 valence electrons. The van der Waals surface area contributed by atoms with Crippen molar-refractivity contribution in [3.05, 3.63) is 22.6 Å². The normalized spacial score (nSPS) is 15.8. The molecule has 0 spiro atoms. The lowest BCUT2D eigenvalue weighted by Gasteiger charge is -2.30. The highest BCUT2D eigenvalue weighted by atomic mass is 32.1. The van der Waals surface area contributed by atoms with Crippen LogP contribution in [0, 0.1) is 5.41 Å². The molecule has 0 radical (unpaired) electrons. The maximum absolute atomic E-state index is 12.3. The van der Waals surface area contributed by atoms with E-state index in [1.807, 2.05) is 6.20 Å². The van der Waals surface area contributed by atoms with Crippen LogP contribution in [0.25, 0.3) is 0 Å². The van der Waals surface area contributed by atoms with E-state index in [2.05, 4.69) is 36.5 Å². The van der Waals surface area contributed by atoms with E-state index in [0.29, 0.717) is 6.54 Å². The minimum atomic E-state index is 0.00228. The maximum Gasteiger partial charge on any atom is 0.268 e. The van der Waals surface area contributed by atoms with Crippen LogP contribution in [-0.2, 0) is 6.54 Å².